The van der Waals surface area contributed by atoms with Crippen molar-refractivity contribution in [2.45, 2.75) is 31.9 Å². The number of likely N-dealkylation sites (N-methyl/N-ethyl adjacent to an activating group) is 1. The van der Waals surface area contributed by atoms with E-state index in [0.29, 0.717) is 13.0 Å². The minimum atomic E-state index is -1.14. The lowest BCUT2D eigenvalue weighted by Gasteiger charge is -2.30. The number of nitrogens with zero attached hydrogens (tertiary/aromatic N) is 3. The van der Waals surface area contributed by atoms with Crippen LogP contribution >= 0.6 is 0 Å². The number of aliphatic hydroxyl groups excluding tert-OH is 1. The minimum absolute atomic E-state index is 0.0165. The van der Waals surface area contributed by atoms with E-state index in [2.05, 4.69) is 0 Å². The largest absolute Gasteiger partial charge is 0.480 e. The quantitative estimate of drug-likeness (QED) is 0.708. The molecule has 1 saturated heterocycles. The number of β-amino-alcohol motifs (C(OH)–C–C–N with tert-alkyl or cyclic N) is 1. The van der Waals surface area contributed by atoms with E-state index in [4.69, 9.17) is 5.11 Å². The Kier molecular flexibility index (Phi) is 5.95. The molecule has 0 bridgehead atoms. The highest BCUT2D eigenvalue weighted by Gasteiger charge is 2.40. The van der Waals surface area contributed by atoms with E-state index in [0.717, 1.165) is 4.90 Å². The number of hydrogen-bond acceptors (Lipinski definition) is 4. The Bertz CT molecular complexity index is 413. The highest BCUT2D eigenvalue weighted by Crippen LogP contribution is 2.20. The van der Waals surface area contributed by atoms with Gasteiger partial charge in [0.2, 0.25) is 5.91 Å². The molecule has 120 valence electrons. The van der Waals surface area contributed by atoms with Crippen LogP contribution in [0.3, 0.4) is 0 Å². The second kappa shape index (κ2) is 7.26. The zero-order valence-electron chi connectivity index (χ0n) is 12.7. The van der Waals surface area contributed by atoms with Crippen LogP contribution in [0.4, 0.5) is 4.79 Å². The molecule has 1 rings (SSSR count). The number of aliphatic hydroxyl groups is 1. The zero-order chi connectivity index (χ0) is 16.2. The van der Waals surface area contributed by atoms with Crippen LogP contribution in [0.5, 0.6) is 0 Å². The Morgan fingerprint density at radius 1 is 1.29 bits per heavy atom. The third kappa shape index (κ3) is 4.32. The van der Waals surface area contributed by atoms with Crippen molar-refractivity contribution in [1.29, 1.82) is 0 Å². The summed E-state index contributed by atoms with van der Waals surface area (Å²) in [5.74, 6) is -1.38. The van der Waals surface area contributed by atoms with E-state index in [9.17, 15) is 19.5 Å². The average molecular weight is 301 g/mol. The molecule has 0 aromatic heterocycles. The number of aliphatic carboxylic acids is 1. The van der Waals surface area contributed by atoms with E-state index >= 15 is 0 Å². The van der Waals surface area contributed by atoms with Crippen LogP contribution in [0.15, 0.2) is 0 Å². The number of carbonyl (C=O) groups is 3. The predicted molar refractivity (Wildman–Crippen MR) is 74.7 cm³/mol. The van der Waals surface area contributed by atoms with E-state index in [1.807, 2.05) is 6.92 Å². The van der Waals surface area contributed by atoms with Gasteiger partial charge in [0.25, 0.3) is 0 Å². The standard InChI is InChI=1S/C13H23N3O5/c1-4-5-15(8-11(18)14(2)3)13(21)16-7-9(17)6-10(16)12(19)20/h9-10,17H,4-8H2,1-3H3,(H,19,20). The van der Waals surface area contributed by atoms with Crippen LogP contribution in [0.25, 0.3) is 0 Å². The summed E-state index contributed by atoms with van der Waals surface area (Å²) >= 11 is 0. The molecule has 2 atom stereocenters. The summed E-state index contributed by atoms with van der Waals surface area (Å²) in [6, 6.07) is -1.56. The molecule has 1 aliphatic heterocycles. The first-order valence-corrected chi connectivity index (χ1v) is 6.94. The summed E-state index contributed by atoms with van der Waals surface area (Å²) in [6.45, 7) is 2.11. The maximum absolute atomic E-state index is 12.5. The van der Waals surface area contributed by atoms with Crippen molar-refractivity contribution in [3.05, 3.63) is 0 Å². The van der Waals surface area contributed by atoms with Gasteiger partial charge in [0.15, 0.2) is 0 Å². The number of carboxylic acids is 1. The minimum Gasteiger partial charge on any atom is -0.480 e. The van der Waals surface area contributed by atoms with Crippen LogP contribution in [0.2, 0.25) is 0 Å². The predicted octanol–water partition coefficient (Wildman–Crippen LogP) is -0.574. The average Bonchev–Trinajstić information content (AvgIpc) is 2.79. The molecule has 1 fully saturated rings. The van der Waals surface area contributed by atoms with Gasteiger partial charge in [-0.1, -0.05) is 6.92 Å². The first-order valence-electron chi connectivity index (χ1n) is 6.94. The molecule has 0 aromatic rings. The van der Waals surface area contributed by atoms with Crippen LogP contribution in [0, 0.1) is 0 Å². The van der Waals surface area contributed by atoms with Crippen molar-refractivity contribution in [1.82, 2.24) is 14.7 Å². The van der Waals surface area contributed by atoms with Gasteiger partial charge in [-0.05, 0) is 6.42 Å². The number of urea groups is 1. The van der Waals surface area contributed by atoms with Gasteiger partial charge in [-0.25, -0.2) is 9.59 Å². The van der Waals surface area contributed by atoms with Crippen molar-refractivity contribution in [3.63, 3.8) is 0 Å². The monoisotopic (exact) mass is 301 g/mol. The summed E-state index contributed by atoms with van der Waals surface area (Å²) in [7, 11) is 3.19. The van der Waals surface area contributed by atoms with Crippen LogP contribution in [0.1, 0.15) is 19.8 Å². The molecule has 0 radical (unpaired) electrons. The van der Waals surface area contributed by atoms with Gasteiger partial charge in [0, 0.05) is 33.6 Å². The lowest BCUT2D eigenvalue weighted by atomic mass is 10.2. The number of hydrogen-bond donors (Lipinski definition) is 2. The van der Waals surface area contributed by atoms with Gasteiger partial charge in [-0.3, -0.25) is 4.79 Å². The number of carboxylic acid groups (broad SMARTS) is 1. The normalized spacial score (nSPS) is 21.2. The van der Waals surface area contributed by atoms with Gasteiger partial charge in [-0.2, -0.15) is 0 Å². The summed E-state index contributed by atoms with van der Waals surface area (Å²) < 4.78 is 0. The molecule has 0 spiro atoms. The van der Waals surface area contributed by atoms with E-state index in [-0.39, 0.29) is 25.4 Å². The molecule has 1 aliphatic rings. The maximum Gasteiger partial charge on any atom is 0.326 e. The molecule has 2 N–H and O–H groups in total. The van der Waals surface area contributed by atoms with Crippen molar-refractivity contribution in [2.24, 2.45) is 0 Å². The Morgan fingerprint density at radius 3 is 2.38 bits per heavy atom. The number of carbonyl (C=O) groups excluding carboxylic acids is 2. The van der Waals surface area contributed by atoms with E-state index in [1.54, 1.807) is 14.1 Å². The van der Waals surface area contributed by atoms with Crippen molar-refractivity contribution >= 4 is 17.9 Å². The molecule has 8 heteroatoms. The Labute approximate surface area is 123 Å². The molecule has 0 saturated carbocycles. The first-order chi connectivity index (χ1) is 9.77. The van der Waals surface area contributed by atoms with E-state index in [1.165, 1.54) is 9.80 Å². The lowest BCUT2D eigenvalue weighted by molar-refractivity contribution is -0.141. The van der Waals surface area contributed by atoms with Gasteiger partial charge in [-0.15, -0.1) is 0 Å². The van der Waals surface area contributed by atoms with Crippen LogP contribution in [-0.4, -0.2) is 88.7 Å². The lowest BCUT2D eigenvalue weighted by Crippen LogP contribution is -2.51. The fourth-order valence-electron chi connectivity index (χ4n) is 2.26. The Hall–Kier alpha value is -1.83. The molecule has 1 heterocycles. The zero-order valence-corrected chi connectivity index (χ0v) is 12.7. The summed E-state index contributed by atoms with van der Waals surface area (Å²) in [4.78, 5) is 39.2. The number of likely N-dealkylation sites (tertiary alicyclic amines) is 1. The smallest absolute Gasteiger partial charge is 0.326 e. The second-order valence-electron chi connectivity index (χ2n) is 5.39. The summed E-state index contributed by atoms with van der Waals surface area (Å²) in [5, 5.41) is 18.7. The van der Waals surface area contributed by atoms with Crippen molar-refractivity contribution < 1.29 is 24.6 Å². The third-order valence-corrected chi connectivity index (χ3v) is 3.40. The maximum atomic E-state index is 12.5. The van der Waals surface area contributed by atoms with Crippen molar-refractivity contribution in [2.75, 3.05) is 33.7 Å². The van der Waals surface area contributed by atoms with Gasteiger partial charge in [0.1, 0.15) is 12.6 Å². The molecular formula is C13H23N3O5. The van der Waals surface area contributed by atoms with Gasteiger partial charge in [0.05, 0.1) is 6.10 Å². The Balaban J connectivity index is 2.84. The van der Waals surface area contributed by atoms with Gasteiger partial charge >= 0.3 is 12.0 Å². The summed E-state index contributed by atoms with van der Waals surface area (Å²) in [6.07, 6.45) is -0.174. The molecule has 3 amide bonds. The molecular weight excluding hydrogens is 278 g/mol. The molecule has 0 aliphatic carbocycles. The van der Waals surface area contributed by atoms with E-state index < -0.39 is 24.1 Å². The first kappa shape index (κ1) is 17.2. The third-order valence-electron chi connectivity index (χ3n) is 3.40. The van der Waals surface area contributed by atoms with Crippen LogP contribution in [-0.2, 0) is 9.59 Å². The fourth-order valence-corrected chi connectivity index (χ4v) is 2.26. The topological polar surface area (TPSA) is 101 Å². The molecule has 2 unspecified atom stereocenters. The van der Waals surface area contributed by atoms with Crippen molar-refractivity contribution in [3.8, 4) is 0 Å². The Morgan fingerprint density at radius 2 is 1.90 bits per heavy atom. The highest BCUT2D eigenvalue weighted by molar-refractivity contribution is 5.87. The molecule has 0 aromatic carbocycles. The highest BCUT2D eigenvalue weighted by atomic mass is 16.4. The molecule has 21 heavy (non-hydrogen) atoms. The van der Waals surface area contributed by atoms with Crippen LogP contribution < -0.4 is 0 Å². The SMILES string of the molecule is CCCN(CC(=O)N(C)C)C(=O)N1CC(O)CC1C(=O)O. The fraction of sp³-hybridized carbons (Fsp3) is 0.769. The van der Waals surface area contributed by atoms with Gasteiger partial charge < -0.3 is 24.9 Å². The summed E-state index contributed by atoms with van der Waals surface area (Å²) in [5.41, 5.74) is 0. The number of rotatable bonds is 5. The number of amides is 3. The molecule has 8 nitrogen and oxygen atoms in total. The second-order valence-corrected chi connectivity index (χ2v) is 5.39.